The van der Waals surface area contributed by atoms with E-state index in [2.05, 4.69) is 14.2 Å². The zero-order chi connectivity index (χ0) is 17.1. The minimum atomic E-state index is -0.656. The van der Waals surface area contributed by atoms with Gasteiger partial charge in [-0.15, -0.1) is 9.24 Å². The molecular weight excluding hydrogens is 326 g/mol. The Morgan fingerprint density at radius 1 is 1.17 bits per heavy atom. The van der Waals surface area contributed by atoms with E-state index >= 15 is 0 Å². The van der Waals surface area contributed by atoms with E-state index < -0.39 is 5.91 Å². The van der Waals surface area contributed by atoms with Crippen LogP contribution in [-0.4, -0.2) is 17.5 Å². The lowest BCUT2D eigenvalue weighted by molar-refractivity contribution is 0.0994. The van der Waals surface area contributed by atoms with Gasteiger partial charge in [-0.05, 0) is 35.8 Å². The molecule has 1 aromatic heterocycles. The highest BCUT2D eigenvalue weighted by atomic mass is 31.0. The van der Waals surface area contributed by atoms with Crippen LogP contribution in [0.5, 0.6) is 5.88 Å². The number of aromatic nitrogens is 1. The summed E-state index contributed by atoms with van der Waals surface area (Å²) < 4.78 is 19.7. The lowest BCUT2D eigenvalue weighted by atomic mass is 9.95. The Morgan fingerprint density at radius 3 is 2.54 bits per heavy atom. The summed E-state index contributed by atoms with van der Waals surface area (Å²) in [6.45, 7) is 0.536. The Balaban J connectivity index is 0.000000508. The number of nitrogens with two attached hydrogens (primary N) is 1. The molecule has 0 spiro atoms. The summed E-state index contributed by atoms with van der Waals surface area (Å²) >= 11 is 0. The number of hydrogen-bond donors (Lipinski definition) is 1. The summed E-state index contributed by atoms with van der Waals surface area (Å²) in [4.78, 5) is 15.5. The maximum Gasteiger partial charge on any atom is 0.267 e. The summed E-state index contributed by atoms with van der Waals surface area (Å²) in [5.41, 5.74) is 7.25. The number of halogens is 1. The standard InChI is InChI=1S/C15H14FN2O2P.C3H6/c16-12-6-8(21)3-4-9(12)11-7-13(14(17)19)18-15-10(11)2-1-5-20-15;1-2-3-1/h3-4,6-7H,1-2,5,21H2,(H2,17,19);1-3H2. The number of carbonyl (C=O) groups excluding carboxylic acids is 1. The van der Waals surface area contributed by atoms with Crippen LogP contribution >= 0.6 is 9.24 Å². The smallest absolute Gasteiger partial charge is 0.267 e. The van der Waals surface area contributed by atoms with Gasteiger partial charge in [-0.2, -0.15) is 0 Å². The molecule has 4 rings (SSSR count). The van der Waals surface area contributed by atoms with E-state index in [9.17, 15) is 9.18 Å². The topological polar surface area (TPSA) is 65.2 Å². The largest absolute Gasteiger partial charge is 0.477 e. The molecule has 1 atom stereocenters. The minimum Gasteiger partial charge on any atom is -0.477 e. The molecule has 0 radical (unpaired) electrons. The number of carbonyl (C=O) groups is 1. The highest BCUT2D eigenvalue weighted by molar-refractivity contribution is 7.27. The van der Waals surface area contributed by atoms with Crippen LogP contribution in [0.2, 0.25) is 0 Å². The van der Waals surface area contributed by atoms with Gasteiger partial charge in [0.2, 0.25) is 5.88 Å². The molecule has 1 aromatic carbocycles. The fourth-order valence-electron chi connectivity index (χ4n) is 2.44. The average molecular weight is 346 g/mol. The van der Waals surface area contributed by atoms with E-state index in [1.165, 1.54) is 31.4 Å². The number of benzene rings is 1. The second-order valence-corrected chi connectivity index (χ2v) is 6.62. The van der Waals surface area contributed by atoms with Gasteiger partial charge in [0.1, 0.15) is 11.5 Å². The lowest BCUT2D eigenvalue weighted by Gasteiger charge is -2.20. The maximum atomic E-state index is 14.2. The van der Waals surface area contributed by atoms with Crippen molar-refractivity contribution in [3.05, 3.63) is 41.3 Å². The number of hydrogen-bond acceptors (Lipinski definition) is 3. The second-order valence-electron chi connectivity index (χ2n) is 5.95. The Hall–Kier alpha value is -2.00. The van der Waals surface area contributed by atoms with Gasteiger partial charge in [-0.3, -0.25) is 4.79 Å². The fraction of sp³-hybridized carbons (Fsp3) is 0.333. The molecule has 1 unspecified atom stereocenters. The Labute approximate surface area is 142 Å². The molecule has 24 heavy (non-hydrogen) atoms. The van der Waals surface area contributed by atoms with Gasteiger partial charge in [0.25, 0.3) is 5.91 Å². The number of fused-ring (bicyclic) bond motifs is 1. The van der Waals surface area contributed by atoms with Crippen LogP contribution in [0, 0.1) is 5.82 Å². The number of amides is 1. The third-order valence-corrected chi connectivity index (χ3v) is 4.14. The Morgan fingerprint density at radius 2 is 1.92 bits per heavy atom. The Bertz CT molecular complexity index is 775. The first-order chi connectivity index (χ1) is 11.6. The summed E-state index contributed by atoms with van der Waals surface area (Å²) in [7, 11) is 2.45. The van der Waals surface area contributed by atoms with Gasteiger partial charge in [0, 0.05) is 11.1 Å². The lowest BCUT2D eigenvalue weighted by Crippen LogP contribution is -2.18. The molecule has 1 saturated carbocycles. The number of rotatable bonds is 2. The van der Waals surface area contributed by atoms with Gasteiger partial charge >= 0.3 is 0 Å². The summed E-state index contributed by atoms with van der Waals surface area (Å²) in [6.07, 6.45) is 6.07. The monoisotopic (exact) mass is 346 g/mol. The van der Waals surface area contributed by atoms with Crippen molar-refractivity contribution in [2.45, 2.75) is 32.1 Å². The summed E-state index contributed by atoms with van der Waals surface area (Å²) in [5.74, 6) is -0.630. The number of ether oxygens (including phenoxy) is 1. The number of nitrogens with zero attached hydrogens (tertiary/aromatic N) is 1. The van der Waals surface area contributed by atoms with Crippen molar-refractivity contribution >= 4 is 20.5 Å². The van der Waals surface area contributed by atoms with Crippen LogP contribution in [-0.2, 0) is 6.42 Å². The normalized spacial score (nSPS) is 14.8. The number of primary amides is 1. The minimum absolute atomic E-state index is 0.0833. The second kappa shape index (κ2) is 7.27. The molecule has 1 amide bonds. The molecule has 2 heterocycles. The quantitative estimate of drug-likeness (QED) is 0.850. The van der Waals surface area contributed by atoms with Gasteiger partial charge in [-0.25, -0.2) is 9.37 Å². The molecule has 1 fully saturated rings. The average Bonchev–Trinajstić information content (AvgIpc) is 3.43. The maximum absolute atomic E-state index is 14.2. The van der Waals surface area contributed by atoms with Crippen LogP contribution in [0.4, 0.5) is 4.39 Å². The Kier molecular flexibility index (Phi) is 5.10. The van der Waals surface area contributed by atoms with E-state index in [1.807, 2.05) is 0 Å². The molecule has 4 nitrogen and oxygen atoms in total. The van der Waals surface area contributed by atoms with Crippen molar-refractivity contribution in [3.63, 3.8) is 0 Å². The molecule has 0 saturated heterocycles. The van der Waals surface area contributed by atoms with Crippen LogP contribution in [0.3, 0.4) is 0 Å². The molecule has 2 N–H and O–H groups in total. The van der Waals surface area contributed by atoms with Crippen LogP contribution in [0.25, 0.3) is 11.1 Å². The first-order valence-corrected chi connectivity index (χ1v) is 8.66. The third kappa shape index (κ3) is 3.90. The predicted octanol–water partition coefficient (Wildman–Crippen LogP) is 2.98. The molecule has 126 valence electrons. The van der Waals surface area contributed by atoms with Gasteiger partial charge in [0.15, 0.2) is 0 Å². The van der Waals surface area contributed by atoms with E-state index in [4.69, 9.17) is 10.5 Å². The van der Waals surface area contributed by atoms with E-state index in [0.717, 1.165) is 23.7 Å². The van der Waals surface area contributed by atoms with Crippen molar-refractivity contribution in [1.29, 1.82) is 0 Å². The highest BCUT2D eigenvalue weighted by Gasteiger charge is 2.21. The fourth-order valence-corrected chi connectivity index (χ4v) is 2.69. The van der Waals surface area contributed by atoms with E-state index in [1.54, 1.807) is 12.1 Å². The molecule has 2 aromatic rings. The number of pyridine rings is 1. The summed E-state index contributed by atoms with van der Waals surface area (Å²) in [5, 5.41) is 0.755. The first-order valence-electron chi connectivity index (χ1n) is 8.08. The third-order valence-electron chi connectivity index (χ3n) is 3.79. The van der Waals surface area contributed by atoms with Crippen LogP contribution in [0.1, 0.15) is 41.7 Å². The SMILES string of the molecule is C1CC1.NC(=O)c1cc(-c2ccc(P)cc2F)c2c(n1)OCCC2. The zero-order valence-electron chi connectivity index (χ0n) is 13.3. The van der Waals surface area contributed by atoms with Gasteiger partial charge < -0.3 is 10.5 Å². The van der Waals surface area contributed by atoms with Crippen LogP contribution < -0.4 is 15.8 Å². The molecular formula is C18H20FN2O2P. The van der Waals surface area contributed by atoms with Crippen molar-refractivity contribution in [2.75, 3.05) is 6.61 Å². The van der Waals surface area contributed by atoms with Crippen molar-refractivity contribution in [3.8, 4) is 17.0 Å². The first kappa shape index (κ1) is 16.8. The molecule has 2 aliphatic rings. The predicted molar refractivity (Wildman–Crippen MR) is 95.2 cm³/mol. The van der Waals surface area contributed by atoms with Crippen molar-refractivity contribution < 1.29 is 13.9 Å². The summed E-state index contributed by atoms with van der Waals surface area (Å²) in [6, 6.07) is 6.45. The zero-order valence-corrected chi connectivity index (χ0v) is 14.5. The molecule has 1 aliphatic heterocycles. The van der Waals surface area contributed by atoms with Crippen molar-refractivity contribution in [1.82, 2.24) is 4.98 Å². The van der Waals surface area contributed by atoms with E-state index in [-0.39, 0.29) is 11.5 Å². The van der Waals surface area contributed by atoms with Gasteiger partial charge in [0.05, 0.1) is 6.61 Å². The van der Waals surface area contributed by atoms with E-state index in [0.29, 0.717) is 23.6 Å². The van der Waals surface area contributed by atoms with Crippen LogP contribution in [0.15, 0.2) is 24.3 Å². The van der Waals surface area contributed by atoms with Gasteiger partial charge in [-0.1, -0.05) is 31.4 Å². The molecule has 1 aliphatic carbocycles. The molecule has 0 bridgehead atoms. The highest BCUT2D eigenvalue weighted by Crippen LogP contribution is 2.34. The van der Waals surface area contributed by atoms with Crippen molar-refractivity contribution in [2.24, 2.45) is 5.73 Å². The molecule has 6 heteroatoms.